The van der Waals surface area contributed by atoms with Crippen LogP contribution in [-0.2, 0) is 18.3 Å². The molecular formula is C16H19N3OS. The number of carbonyl (C=O) groups excluding carboxylic acids is 1. The van der Waals surface area contributed by atoms with Crippen LogP contribution in [-0.4, -0.2) is 27.3 Å². The highest BCUT2D eigenvalue weighted by Crippen LogP contribution is 2.30. The van der Waals surface area contributed by atoms with Crippen LogP contribution in [0.3, 0.4) is 0 Å². The van der Waals surface area contributed by atoms with Crippen molar-refractivity contribution in [1.82, 2.24) is 9.55 Å². The summed E-state index contributed by atoms with van der Waals surface area (Å²) < 4.78 is 1.94. The van der Waals surface area contributed by atoms with Crippen molar-refractivity contribution in [2.75, 3.05) is 11.4 Å². The number of fused-ring (bicyclic) bond motifs is 1. The van der Waals surface area contributed by atoms with Gasteiger partial charge in [0.1, 0.15) is 0 Å². The number of aromatic nitrogens is 2. The Labute approximate surface area is 129 Å². The Hall–Kier alpha value is -1.75. The van der Waals surface area contributed by atoms with Crippen LogP contribution in [0.25, 0.3) is 0 Å². The van der Waals surface area contributed by atoms with E-state index in [1.165, 1.54) is 17.3 Å². The molecule has 0 saturated carbocycles. The molecule has 0 saturated heterocycles. The van der Waals surface area contributed by atoms with E-state index in [2.05, 4.69) is 11.1 Å². The summed E-state index contributed by atoms with van der Waals surface area (Å²) in [6.45, 7) is 2.76. The summed E-state index contributed by atoms with van der Waals surface area (Å²) in [6, 6.07) is 8.20. The van der Waals surface area contributed by atoms with E-state index in [-0.39, 0.29) is 11.2 Å². The largest absolute Gasteiger partial charge is 0.329 e. The van der Waals surface area contributed by atoms with Crippen LogP contribution in [0, 0.1) is 0 Å². The molecule has 0 fully saturated rings. The van der Waals surface area contributed by atoms with Gasteiger partial charge in [-0.25, -0.2) is 4.98 Å². The molecule has 0 N–H and O–H groups in total. The Morgan fingerprint density at radius 1 is 1.38 bits per heavy atom. The van der Waals surface area contributed by atoms with Gasteiger partial charge in [0.25, 0.3) is 0 Å². The Bertz CT molecular complexity index is 652. The van der Waals surface area contributed by atoms with Crippen molar-refractivity contribution < 1.29 is 4.79 Å². The first-order valence-electron chi connectivity index (χ1n) is 7.20. The second kappa shape index (κ2) is 5.93. The maximum atomic E-state index is 12.8. The predicted molar refractivity (Wildman–Crippen MR) is 85.6 cm³/mol. The molecule has 1 aliphatic rings. The number of para-hydroxylation sites is 1. The number of benzene rings is 1. The van der Waals surface area contributed by atoms with Crippen molar-refractivity contribution in [2.45, 2.75) is 30.2 Å². The van der Waals surface area contributed by atoms with Crippen LogP contribution in [0.4, 0.5) is 5.69 Å². The smallest absolute Gasteiger partial charge is 0.240 e. The molecule has 5 heteroatoms. The minimum atomic E-state index is -0.141. The Morgan fingerprint density at radius 3 is 2.95 bits per heavy atom. The first-order valence-corrected chi connectivity index (χ1v) is 8.08. The van der Waals surface area contributed by atoms with Gasteiger partial charge >= 0.3 is 0 Å². The average Bonchev–Trinajstić information content (AvgIpc) is 2.91. The summed E-state index contributed by atoms with van der Waals surface area (Å²) in [4.78, 5) is 19.0. The predicted octanol–water partition coefficient (Wildman–Crippen LogP) is 2.88. The summed E-state index contributed by atoms with van der Waals surface area (Å²) in [5.41, 5.74) is 2.34. The number of nitrogens with zero attached hydrogens (tertiary/aromatic N) is 3. The molecule has 110 valence electrons. The third-order valence-electron chi connectivity index (χ3n) is 3.78. The Balaban J connectivity index is 1.78. The first-order chi connectivity index (χ1) is 10.2. The van der Waals surface area contributed by atoms with Crippen molar-refractivity contribution in [3.05, 3.63) is 42.2 Å². The molecular weight excluding hydrogens is 282 g/mol. The second-order valence-corrected chi connectivity index (χ2v) is 6.61. The van der Waals surface area contributed by atoms with E-state index in [1.54, 1.807) is 6.20 Å². The maximum Gasteiger partial charge on any atom is 0.240 e. The molecule has 1 aromatic carbocycles. The van der Waals surface area contributed by atoms with Gasteiger partial charge in [-0.1, -0.05) is 30.0 Å². The van der Waals surface area contributed by atoms with Crippen LogP contribution in [0.1, 0.15) is 18.9 Å². The van der Waals surface area contributed by atoms with Gasteiger partial charge in [-0.05, 0) is 31.4 Å². The van der Waals surface area contributed by atoms with Crippen LogP contribution in [0.15, 0.2) is 41.8 Å². The fourth-order valence-corrected chi connectivity index (χ4v) is 3.55. The molecule has 0 radical (unpaired) electrons. The number of aryl methyl sites for hydroxylation is 2. The van der Waals surface area contributed by atoms with Crippen molar-refractivity contribution in [3.8, 4) is 0 Å². The summed E-state index contributed by atoms with van der Waals surface area (Å²) in [7, 11) is 1.95. The van der Waals surface area contributed by atoms with Crippen molar-refractivity contribution >= 4 is 23.4 Å². The lowest BCUT2D eigenvalue weighted by Crippen LogP contribution is -2.40. The van der Waals surface area contributed by atoms with E-state index in [1.807, 2.05) is 47.8 Å². The third kappa shape index (κ3) is 2.83. The molecule has 1 amide bonds. The van der Waals surface area contributed by atoms with E-state index in [9.17, 15) is 4.79 Å². The van der Waals surface area contributed by atoms with Gasteiger partial charge in [0.05, 0.1) is 5.25 Å². The molecule has 3 rings (SSSR count). The molecule has 1 atom stereocenters. The zero-order valence-electron chi connectivity index (χ0n) is 12.3. The molecule has 21 heavy (non-hydrogen) atoms. The molecule has 1 unspecified atom stereocenters. The molecule has 2 heterocycles. The summed E-state index contributed by atoms with van der Waals surface area (Å²) in [5, 5.41) is 0.735. The summed E-state index contributed by atoms with van der Waals surface area (Å²) >= 11 is 1.51. The van der Waals surface area contributed by atoms with E-state index < -0.39 is 0 Å². The van der Waals surface area contributed by atoms with Crippen LogP contribution < -0.4 is 4.90 Å². The molecule has 1 aliphatic heterocycles. The van der Waals surface area contributed by atoms with Gasteiger partial charge in [0.2, 0.25) is 5.91 Å². The highest BCUT2D eigenvalue weighted by Gasteiger charge is 2.27. The van der Waals surface area contributed by atoms with Gasteiger partial charge in [-0.15, -0.1) is 0 Å². The summed E-state index contributed by atoms with van der Waals surface area (Å²) in [5.74, 6) is 0.162. The lowest BCUT2D eigenvalue weighted by molar-refractivity contribution is -0.117. The molecule has 0 spiro atoms. The standard InChI is InChI=1S/C16H19N3OS/c1-12(21-16-17-9-11-18(16)2)15(20)19-10-5-7-13-6-3-4-8-14(13)19/h3-4,6,8-9,11-12H,5,7,10H2,1-2H3. The van der Waals surface area contributed by atoms with E-state index in [0.717, 1.165) is 30.2 Å². The minimum Gasteiger partial charge on any atom is -0.329 e. The topological polar surface area (TPSA) is 38.1 Å². The van der Waals surface area contributed by atoms with Gasteiger partial charge in [0, 0.05) is 31.7 Å². The number of anilines is 1. The lowest BCUT2D eigenvalue weighted by Gasteiger charge is -2.31. The SMILES string of the molecule is CC(Sc1nccn1C)C(=O)N1CCCc2ccccc21. The van der Waals surface area contributed by atoms with Gasteiger partial charge in [-0.2, -0.15) is 0 Å². The Kier molecular flexibility index (Phi) is 4.01. The third-order valence-corrected chi connectivity index (χ3v) is 4.94. The monoisotopic (exact) mass is 301 g/mol. The summed E-state index contributed by atoms with van der Waals surface area (Å²) in [6.07, 6.45) is 5.74. The maximum absolute atomic E-state index is 12.8. The van der Waals surface area contributed by atoms with E-state index in [4.69, 9.17) is 0 Å². The van der Waals surface area contributed by atoms with Gasteiger partial charge in [-0.3, -0.25) is 4.79 Å². The molecule has 4 nitrogen and oxygen atoms in total. The van der Waals surface area contributed by atoms with Crippen molar-refractivity contribution in [2.24, 2.45) is 7.05 Å². The molecule has 2 aromatic rings. The number of amides is 1. The zero-order valence-corrected chi connectivity index (χ0v) is 13.1. The molecule has 0 aliphatic carbocycles. The number of carbonyl (C=O) groups is 1. The molecule has 1 aromatic heterocycles. The fraction of sp³-hybridized carbons (Fsp3) is 0.375. The lowest BCUT2D eigenvalue weighted by atomic mass is 10.0. The van der Waals surface area contributed by atoms with Crippen molar-refractivity contribution in [1.29, 1.82) is 0 Å². The van der Waals surface area contributed by atoms with Crippen molar-refractivity contribution in [3.63, 3.8) is 0 Å². The minimum absolute atomic E-state index is 0.141. The highest BCUT2D eigenvalue weighted by molar-refractivity contribution is 8.00. The average molecular weight is 301 g/mol. The van der Waals surface area contributed by atoms with E-state index in [0.29, 0.717) is 0 Å². The van der Waals surface area contributed by atoms with Crippen LogP contribution in [0.5, 0.6) is 0 Å². The number of rotatable bonds is 3. The first kappa shape index (κ1) is 14.2. The fourth-order valence-electron chi connectivity index (χ4n) is 2.66. The van der Waals surface area contributed by atoms with Crippen LogP contribution >= 0.6 is 11.8 Å². The normalized spacial score (nSPS) is 15.6. The Morgan fingerprint density at radius 2 is 2.19 bits per heavy atom. The molecule has 0 bridgehead atoms. The van der Waals surface area contributed by atoms with E-state index >= 15 is 0 Å². The van der Waals surface area contributed by atoms with Crippen LogP contribution in [0.2, 0.25) is 0 Å². The quantitative estimate of drug-likeness (QED) is 0.818. The zero-order chi connectivity index (χ0) is 14.8. The number of hydrogen-bond acceptors (Lipinski definition) is 3. The highest BCUT2D eigenvalue weighted by atomic mass is 32.2. The number of hydrogen-bond donors (Lipinski definition) is 0. The number of thioether (sulfide) groups is 1. The van der Waals surface area contributed by atoms with Gasteiger partial charge < -0.3 is 9.47 Å². The van der Waals surface area contributed by atoms with Gasteiger partial charge in [0.15, 0.2) is 5.16 Å². The second-order valence-electron chi connectivity index (χ2n) is 5.30. The number of imidazole rings is 1.